The number of imide groups is 1. The average molecular weight is 996 g/mol. The van der Waals surface area contributed by atoms with Gasteiger partial charge in [0.05, 0.1) is 49.0 Å². The molecule has 2 aromatic carbocycles. The number of alkyl halides is 3. The van der Waals surface area contributed by atoms with Gasteiger partial charge in [-0.25, -0.2) is 4.79 Å². The number of piperidine rings is 3. The molecule has 2 aromatic heterocycles. The van der Waals surface area contributed by atoms with Crippen molar-refractivity contribution in [3.63, 3.8) is 0 Å². The van der Waals surface area contributed by atoms with Gasteiger partial charge in [-0.3, -0.25) is 49.3 Å². The first-order valence-corrected chi connectivity index (χ1v) is 25.3. The van der Waals surface area contributed by atoms with Crippen molar-refractivity contribution in [3.05, 3.63) is 99.2 Å². The molecule has 0 saturated carbocycles. The second kappa shape index (κ2) is 20.5. The van der Waals surface area contributed by atoms with Gasteiger partial charge < -0.3 is 29.1 Å². The second-order valence-electron chi connectivity index (χ2n) is 20.7. The van der Waals surface area contributed by atoms with Crippen molar-refractivity contribution in [2.75, 3.05) is 97.2 Å². The van der Waals surface area contributed by atoms with Crippen LogP contribution in [0.4, 0.5) is 18.9 Å². The van der Waals surface area contributed by atoms with Gasteiger partial charge in [0.25, 0.3) is 5.91 Å². The first kappa shape index (κ1) is 49.6. The largest absolute Gasteiger partial charge is 0.418 e. The molecular formula is C52H64F3N11O6. The Kier molecular flexibility index (Phi) is 14.2. The topological polar surface area (TPSA) is 175 Å². The van der Waals surface area contributed by atoms with E-state index in [9.17, 15) is 32.3 Å². The molecular weight excluding hydrogens is 932 g/mol. The third-order valence-electron chi connectivity index (χ3n) is 15.8. The number of nitrogens with zero attached hydrogens (tertiary/aromatic N) is 8. The van der Waals surface area contributed by atoms with Crippen LogP contribution in [0.15, 0.2) is 65.7 Å². The molecule has 0 aliphatic carbocycles. The molecule has 20 heteroatoms. The molecule has 2 atom stereocenters. The Morgan fingerprint density at radius 2 is 1.71 bits per heavy atom. The van der Waals surface area contributed by atoms with Crippen molar-refractivity contribution in [2.45, 2.75) is 81.8 Å². The average Bonchev–Trinajstić information content (AvgIpc) is 3.87. The lowest BCUT2D eigenvalue weighted by atomic mass is 9.75. The molecule has 6 aliphatic rings. The van der Waals surface area contributed by atoms with E-state index in [0.717, 1.165) is 112 Å². The number of nitrogens with one attached hydrogen (secondary N) is 3. The predicted molar refractivity (Wildman–Crippen MR) is 264 cm³/mol. The van der Waals surface area contributed by atoms with Gasteiger partial charge in [-0.1, -0.05) is 12.1 Å². The van der Waals surface area contributed by atoms with Crippen molar-refractivity contribution < 1.29 is 37.0 Å². The minimum Gasteiger partial charge on any atom is -0.379 e. The third-order valence-corrected chi connectivity index (χ3v) is 15.8. The number of hydrogen-bond donors (Lipinski definition) is 3. The monoisotopic (exact) mass is 995 g/mol. The van der Waals surface area contributed by atoms with Gasteiger partial charge >= 0.3 is 11.9 Å². The molecule has 1 unspecified atom stereocenters. The highest BCUT2D eigenvalue weighted by atomic mass is 19.4. The first-order chi connectivity index (χ1) is 34.6. The number of carbonyl (C=O) groups is 3. The van der Waals surface area contributed by atoms with Gasteiger partial charge in [0.2, 0.25) is 11.8 Å². The fraction of sp³-hybridized carbons (Fsp3) is 0.538. The number of anilines is 1. The molecule has 384 valence electrons. The maximum Gasteiger partial charge on any atom is 0.418 e. The third kappa shape index (κ3) is 10.3. The zero-order valence-electron chi connectivity index (χ0n) is 40.8. The fourth-order valence-corrected chi connectivity index (χ4v) is 11.6. The second-order valence-corrected chi connectivity index (χ2v) is 20.7. The molecule has 6 aliphatic heterocycles. The molecule has 0 bridgehead atoms. The molecule has 10 rings (SSSR count). The summed E-state index contributed by atoms with van der Waals surface area (Å²) in [5.41, 5.74) is 1.99. The number of halogens is 3. The first-order valence-electron chi connectivity index (χ1n) is 25.3. The van der Waals surface area contributed by atoms with Crippen LogP contribution in [-0.4, -0.2) is 168 Å². The molecule has 8 heterocycles. The molecule has 4 aromatic rings. The molecule has 0 spiro atoms. The minimum atomic E-state index is -4.70. The van der Waals surface area contributed by atoms with Gasteiger partial charge in [0, 0.05) is 108 Å². The van der Waals surface area contributed by atoms with Crippen LogP contribution < -0.4 is 15.9 Å². The van der Waals surface area contributed by atoms with Crippen LogP contribution in [0.25, 0.3) is 11.2 Å². The normalized spacial score (nSPS) is 22.5. The highest BCUT2D eigenvalue weighted by molar-refractivity contribution is 6.05. The number of piperazine rings is 1. The number of hydrogen-bond acceptors (Lipinski definition) is 12. The Hall–Kier alpha value is -5.93. The quantitative estimate of drug-likeness (QED) is 0.0866. The number of fused-ring (bicyclic) bond motifs is 2. The zero-order chi connectivity index (χ0) is 50.3. The van der Waals surface area contributed by atoms with Crippen molar-refractivity contribution in [2.24, 2.45) is 5.92 Å². The van der Waals surface area contributed by atoms with Gasteiger partial charge in [-0.2, -0.15) is 13.2 Å². The van der Waals surface area contributed by atoms with Gasteiger partial charge in [0.15, 0.2) is 0 Å². The number of aromatic nitrogens is 2. The van der Waals surface area contributed by atoms with Crippen LogP contribution in [0.3, 0.4) is 0 Å². The summed E-state index contributed by atoms with van der Waals surface area (Å²) >= 11 is 0. The van der Waals surface area contributed by atoms with Gasteiger partial charge in [-0.05, 0) is 111 Å². The number of carbonyl (C=O) groups excluding carboxylic acids is 3. The van der Waals surface area contributed by atoms with Crippen LogP contribution in [-0.2, 0) is 43.7 Å². The highest BCUT2D eigenvalue weighted by Crippen LogP contribution is 2.38. The number of amides is 3. The summed E-state index contributed by atoms with van der Waals surface area (Å²) in [6.07, 6.45) is 3.97. The lowest BCUT2D eigenvalue weighted by Gasteiger charge is -2.42. The maximum atomic E-state index is 14.7. The summed E-state index contributed by atoms with van der Waals surface area (Å²) in [5.74, 6) is 0.00111. The Morgan fingerprint density at radius 1 is 0.917 bits per heavy atom. The lowest BCUT2D eigenvalue weighted by Crippen LogP contribution is -2.52. The van der Waals surface area contributed by atoms with Crippen LogP contribution in [0.2, 0.25) is 0 Å². The molecule has 17 nitrogen and oxygen atoms in total. The van der Waals surface area contributed by atoms with E-state index < -0.39 is 34.8 Å². The summed E-state index contributed by atoms with van der Waals surface area (Å²) < 4.78 is 58.5. The summed E-state index contributed by atoms with van der Waals surface area (Å²) in [4.78, 5) is 63.8. The van der Waals surface area contributed by atoms with Gasteiger partial charge in [-0.15, -0.1) is 0 Å². The number of imidazole rings is 1. The molecule has 5 fully saturated rings. The van der Waals surface area contributed by atoms with E-state index in [4.69, 9.17) is 20.3 Å². The minimum absolute atomic E-state index is 0.0396. The molecule has 3 N–H and O–H groups in total. The maximum absolute atomic E-state index is 14.7. The zero-order valence-corrected chi connectivity index (χ0v) is 40.8. The Bertz CT molecular complexity index is 2780. The number of likely N-dealkylation sites (tertiary alicyclic amines) is 2. The molecule has 5 saturated heterocycles. The summed E-state index contributed by atoms with van der Waals surface area (Å²) in [6.45, 7) is 10.8. The van der Waals surface area contributed by atoms with Crippen molar-refractivity contribution >= 4 is 41.1 Å². The predicted octanol–water partition coefficient (Wildman–Crippen LogP) is 4.56. The van der Waals surface area contributed by atoms with Crippen molar-refractivity contribution in [1.82, 2.24) is 38.8 Å². The van der Waals surface area contributed by atoms with Crippen LogP contribution in [0.5, 0.6) is 0 Å². The van der Waals surface area contributed by atoms with E-state index >= 15 is 0 Å². The lowest BCUT2D eigenvalue weighted by molar-refractivity contribution is -0.137. The van der Waals surface area contributed by atoms with E-state index in [0.29, 0.717) is 75.0 Å². The molecule has 72 heavy (non-hydrogen) atoms. The van der Waals surface area contributed by atoms with Crippen molar-refractivity contribution in [3.8, 4) is 5.69 Å². The van der Waals surface area contributed by atoms with E-state index in [1.54, 1.807) is 30.1 Å². The smallest absolute Gasteiger partial charge is 0.379 e. The highest BCUT2D eigenvalue weighted by Gasteiger charge is 2.43. The fourth-order valence-electron chi connectivity index (χ4n) is 11.6. The summed E-state index contributed by atoms with van der Waals surface area (Å²) in [5, 5.41) is 18.4. The van der Waals surface area contributed by atoms with Gasteiger partial charge in [0.1, 0.15) is 11.9 Å². The number of rotatable bonds is 15. The summed E-state index contributed by atoms with van der Waals surface area (Å²) in [6, 6.07) is 13.6. The number of ether oxygens (including phenoxy) is 2. The Labute approximate surface area is 416 Å². The van der Waals surface area contributed by atoms with E-state index in [1.165, 1.54) is 21.9 Å². The molecule has 0 radical (unpaired) electrons. The van der Waals surface area contributed by atoms with E-state index in [1.807, 2.05) is 18.2 Å². The van der Waals surface area contributed by atoms with E-state index in [-0.39, 0.29) is 42.2 Å². The van der Waals surface area contributed by atoms with Crippen LogP contribution in [0.1, 0.15) is 77.6 Å². The number of pyridine rings is 1. The Balaban J connectivity index is 0.681. The number of amidine groups is 1. The SMILES string of the molecule is CN(C=N)C(=N)CC1(c2cccc(-n3cc4c(C(F)(F)F)cc(CN5CCC[C@H](OCCN6CCC(CN7CCN(c8ccc9c(c8)CN(C8CCC(=O)NC8=O)C9=O)CC7)CC6)C5)cn4c3=O)c2)COC1. The Morgan fingerprint density at radius 3 is 2.43 bits per heavy atom. The standard InChI is InChI=1S/C52H64F3N11O6/c1-59(34-56)46(57)25-51(32-71-33-51)38-4-2-5-40(24-38)64-31-45-43(52(53,54)55)22-36(28-66(45)50(64)70)27-62-13-3-6-41(30-62)72-21-20-60-14-11-35(12-15-60)26-61-16-18-63(19-17-61)39-7-8-42-37(23-39)29-65(49(42)69)44-9-10-47(67)58-48(44)68/h2,4-5,7-8,22-24,28,31,34-35,41,44,56-57H,3,6,9-21,25-27,29-30,32-33H2,1H3,(H,58,67,68)/t41-,44?/m0/s1. The van der Waals surface area contributed by atoms with Crippen LogP contribution >= 0.6 is 0 Å². The molecule has 3 amide bonds. The number of benzene rings is 2. The summed E-state index contributed by atoms with van der Waals surface area (Å²) in [7, 11) is 1.63. The van der Waals surface area contributed by atoms with E-state index in [2.05, 4.69) is 31.0 Å². The van der Waals surface area contributed by atoms with Crippen molar-refractivity contribution in [1.29, 1.82) is 10.8 Å². The van der Waals surface area contributed by atoms with Crippen LogP contribution in [0, 0.1) is 16.7 Å².